The summed E-state index contributed by atoms with van der Waals surface area (Å²) in [5.74, 6) is 1.97. The molecule has 29 heavy (non-hydrogen) atoms. The van der Waals surface area contributed by atoms with Gasteiger partial charge in [0.25, 0.3) is 5.91 Å². The molecule has 0 radical (unpaired) electrons. The van der Waals surface area contributed by atoms with E-state index in [-0.39, 0.29) is 11.4 Å². The molecule has 1 aliphatic heterocycles. The molecule has 3 heterocycles. The molecule has 150 valence electrons. The maximum Gasteiger partial charge on any atom is 0.258 e. The fourth-order valence-electron chi connectivity index (χ4n) is 4.36. The van der Waals surface area contributed by atoms with E-state index in [1.807, 2.05) is 23.2 Å². The van der Waals surface area contributed by atoms with Crippen LogP contribution in [0.5, 0.6) is 11.5 Å². The molecule has 1 amide bonds. The average molecular weight is 393 g/mol. The second-order valence-electron chi connectivity index (χ2n) is 7.58. The standard InChI is InChI=1S/C21H23N5O3/c1-28-16-5-3-4-14(17(16)29-2)20(27)26-11-10-25(12-21(26)7-8-21)19-15-6-9-22-18(15)23-13-24-19/h3-6,9,13H,7-8,10-12H2,1-2H3,(H,22,23,24). The van der Waals surface area contributed by atoms with Crippen LogP contribution in [-0.2, 0) is 0 Å². The summed E-state index contributed by atoms with van der Waals surface area (Å²) in [6, 6.07) is 7.44. The summed E-state index contributed by atoms with van der Waals surface area (Å²) >= 11 is 0. The molecular formula is C21H23N5O3. The van der Waals surface area contributed by atoms with Crippen molar-refractivity contribution in [2.24, 2.45) is 0 Å². The van der Waals surface area contributed by atoms with Crippen molar-refractivity contribution in [3.8, 4) is 11.5 Å². The minimum Gasteiger partial charge on any atom is -0.493 e. The fraction of sp³-hybridized carbons (Fsp3) is 0.381. The lowest BCUT2D eigenvalue weighted by Gasteiger charge is -2.43. The third kappa shape index (κ3) is 2.78. The summed E-state index contributed by atoms with van der Waals surface area (Å²) in [5, 5.41) is 1.01. The molecule has 1 saturated carbocycles. The highest BCUT2D eigenvalue weighted by molar-refractivity contribution is 5.99. The molecule has 1 saturated heterocycles. The molecule has 0 atom stereocenters. The second-order valence-corrected chi connectivity index (χ2v) is 7.58. The molecule has 3 aromatic rings. The van der Waals surface area contributed by atoms with E-state index in [1.165, 1.54) is 0 Å². The number of hydrogen-bond acceptors (Lipinski definition) is 6. The van der Waals surface area contributed by atoms with Crippen molar-refractivity contribution in [3.63, 3.8) is 0 Å². The number of piperazine rings is 1. The lowest BCUT2D eigenvalue weighted by Crippen LogP contribution is -2.57. The van der Waals surface area contributed by atoms with Gasteiger partial charge in [0.15, 0.2) is 11.5 Å². The molecule has 0 unspecified atom stereocenters. The van der Waals surface area contributed by atoms with Crippen molar-refractivity contribution in [2.45, 2.75) is 18.4 Å². The zero-order chi connectivity index (χ0) is 20.0. The number of methoxy groups -OCH3 is 2. The number of carbonyl (C=O) groups excluding carboxylic acids is 1. The van der Waals surface area contributed by atoms with Gasteiger partial charge in [-0.2, -0.15) is 0 Å². The maximum atomic E-state index is 13.5. The zero-order valence-electron chi connectivity index (χ0n) is 16.5. The van der Waals surface area contributed by atoms with Gasteiger partial charge in [0.2, 0.25) is 0 Å². The van der Waals surface area contributed by atoms with E-state index >= 15 is 0 Å². The Balaban J connectivity index is 1.44. The van der Waals surface area contributed by atoms with Crippen LogP contribution in [0.4, 0.5) is 5.82 Å². The Kier molecular flexibility index (Phi) is 4.08. The number of aromatic nitrogens is 3. The summed E-state index contributed by atoms with van der Waals surface area (Å²) in [6.07, 6.45) is 5.45. The summed E-state index contributed by atoms with van der Waals surface area (Å²) in [5.41, 5.74) is 1.22. The number of anilines is 1. The minimum absolute atomic E-state index is 0.00706. The van der Waals surface area contributed by atoms with Gasteiger partial charge in [0.1, 0.15) is 17.8 Å². The van der Waals surface area contributed by atoms with Gasteiger partial charge in [0.05, 0.1) is 30.7 Å². The SMILES string of the molecule is COc1cccc(C(=O)N2CCN(c3ncnc4[nH]ccc34)CC23CC3)c1OC. The minimum atomic E-state index is -0.156. The van der Waals surface area contributed by atoms with Crippen molar-refractivity contribution >= 4 is 22.8 Å². The molecule has 8 heteroatoms. The van der Waals surface area contributed by atoms with E-state index in [1.54, 1.807) is 32.7 Å². The van der Waals surface area contributed by atoms with Crippen LogP contribution in [0.2, 0.25) is 0 Å². The Bertz CT molecular complexity index is 1080. The Labute approximate surface area is 168 Å². The predicted octanol–water partition coefficient (Wildman–Crippen LogP) is 2.47. The number of rotatable bonds is 4. The van der Waals surface area contributed by atoms with E-state index in [2.05, 4.69) is 19.9 Å². The first-order valence-electron chi connectivity index (χ1n) is 9.73. The number of benzene rings is 1. The highest BCUT2D eigenvalue weighted by Gasteiger charge is 2.54. The van der Waals surface area contributed by atoms with E-state index in [0.29, 0.717) is 23.6 Å². The second kappa shape index (κ2) is 6.65. The van der Waals surface area contributed by atoms with Gasteiger partial charge in [-0.05, 0) is 31.0 Å². The third-order valence-electron chi connectivity index (χ3n) is 5.99. The first-order valence-corrected chi connectivity index (χ1v) is 9.73. The molecule has 1 spiro atoms. The van der Waals surface area contributed by atoms with Crippen LogP contribution >= 0.6 is 0 Å². The summed E-state index contributed by atoms with van der Waals surface area (Å²) < 4.78 is 10.9. The first kappa shape index (κ1) is 17.8. The quantitative estimate of drug-likeness (QED) is 0.733. The van der Waals surface area contributed by atoms with Crippen molar-refractivity contribution in [1.82, 2.24) is 19.9 Å². The Morgan fingerprint density at radius 3 is 2.76 bits per heavy atom. The normalized spacial score (nSPS) is 17.6. The van der Waals surface area contributed by atoms with Crippen LogP contribution < -0.4 is 14.4 Å². The number of hydrogen-bond donors (Lipinski definition) is 1. The van der Waals surface area contributed by atoms with Crippen LogP contribution in [0.25, 0.3) is 11.0 Å². The Morgan fingerprint density at radius 2 is 2.00 bits per heavy atom. The highest BCUT2D eigenvalue weighted by atomic mass is 16.5. The van der Waals surface area contributed by atoms with Crippen LogP contribution in [0.15, 0.2) is 36.8 Å². The predicted molar refractivity (Wildman–Crippen MR) is 109 cm³/mol. The molecule has 5 rings (SSSR count). The van der Waals surface area contributed by atoms with Gasteiger partial charge in [-0.15, -0.1) is 0 Å². The van der Waals surface area contributed by atoms with Crippen molar-refractivity contribution in [3.05, 3.63) is 42.4 Å². The lowest BCUT2D eigenvalue weighted by atomic mass is 10.1. The van der Waals surface area contributed by atoms with Crippen molar-refractivity contribution in [2.75, 3.05) is 38.8 Å². The molecule has 2 aliphatic rings. The topological polar surface area (TPSA) is 83.6 Å². The fourth-order valence-corrected chi connectivity index (χ4v) is 4.36. The van der Waals surface area contributed by atoms with Crippen LogP contribution in [0.1, 0.15) is 23.2 Å². The Morgan fingerprint density at radius 1 is 1.14 bits per heavy atom. The van der Waals surface area contributed by atoms with Gasteiger partial charge >= 0.3 is 0 Å². The van der Waals surface area contributed by atoms with Gasteiger partial charge in [-0.3, -0.25) is 4.79 Å². The number of nitrogens with one attached hydrogen (secondary N) is 1. The molecule has 0 bridgehead atoms. The van der Waals surface area contributed by atoms with Crippen LogP contribution in [-0.4, -0.2) is 65.2 Å². The average Bonchev–Trinajstić information content (AvgIpc) is 3.34. The van der Waals surface area contributed by atoms with Gasteiger partial charge in [0, 0.05) is 25.8 Å². The number of para-hydroxylation sites is 1. The van der Waals surface area contributed by atoms with Crippen molar-refractivity contribution in [1.29, 1.82) is 0 Å². The largest absolute Gasteiger partial charge is 0.493 e. The maximum absolute atomic E-state index is 13.5. The molecule has 2 aromatic heterocycles. The number of H-pyrrole nitrogens is 1. The monoisotopic (exact) mass is 393 g/mol. The van der Waals surface area contributed by atoms with Crippen LogP contribution in [0, 0.1) is 0 Å². The number of fused-ring (bicyclic) bond motifs is 1. The van der Waals surface area contributed by atoms with Gasteiger partial charge < -0.3 is 24.3 Å². The van der Waals surface area contributed by atoms with Gasteiger partial charge in [-0.25, -0.2) is 9.97 Å². The number of aromatic amines is 1. The van der Waals surface area contributed by atoms with Gasteiger partial charge in [-0.1, -0.05) is 6.07 Å². The number of carbonyl (C=O) groups is 1. The molecule has 1 N–H and O–H groups in total. The summed E-state index contributed by atoms with van der Waals surface area (Å²) in [6.45, 7) is 2.12. The van der Waals surface area contributed by atoms with E-state index in [9.17, 15) is 4.79 Å². The number of ether oxygens (including phenoxy) is 2. The molecule has 1 aromatic carbocycles. The smallest absolute Gasteiger partial charge is 0.258 e. The number of nitrogens with zero attached hydrogens (tertiary/aromatic N) is 4. The molecule has 8 nitrogen and oxygen atoms in total. The van der Waals surface area contributed by atoms with E-state index in [4.69, 9.17) is 9.47 Å². The lowest BCUT2D eigenvalue weighted by molar-refractivity contribution is 0.0620. The van der Waals surface area contributed by atoms with E-state index < -0.39 is 0 Å². The summed E-state index contributed by atoms with van der Waals surface area (Å²) in [7, 11) is 3.15. The highest BCUT2D eigenvalue weighted by Crippen LogP contribution is 2.47. The molecule has 1 aliphatic carbocycles. The molecular weight excluding hydrogens is 370 g/mol. The zero-order valence-corrected chi connectivity index (χ0v) is 16.5. The Hall–Kier alpha value is -3.29. The van der Waals surface area contributed by atoms with Crippen LogP contribution in [0.3, 0.4) is 0 Å². The first-order chi connectivity index (χ1) is 14.2. The van der Waals surface area contributed by atoms with E-state index in [0.717, 1.165) is 42.8 Å². The molecule has 2 fully saturated rings. The third-order valence-corrected chi connectivity index (χ3v) is 5.99. The number of amides is 1. The van der Waals surface area contributed by atoms with Crippen molar-refractivity contribution < 1.29 is 14.3 Å². The summed E-state index contributed by atoms with van der Waals surface area (Å²) in [4.78, 5) is 29.7.